The van der Waals surface area contributed by atoms with E-state index >= 15 is 0 Å². The van der Waals surface area contributed by atoms with E-state index in [1.165, 1.54) is 96.6 Å². The Morgan fingerprint density at radius 2 is 1.00 bits per heavy atom. The molecule has 0 bridgehead atoms. The van der Waals surface area contributed by atoms with E-state index in [1.807, 2.05) is 0 Å². The molecule has 1 nitrogen and oxygen atoms in total. The number of likely N-dealkylation sites (tertiary alicyclic amines) is 1. The molecule has 0 spiro atoms. The third-order valence-corrected chi connectivity index (χ3v) is 6.90. The Morgan fingerprint density at radius 1 is 0.600 bits per heavy atom. The summed E-state index contributed by atoms with van der Waals surface area (Å²) in [6.07, 6.45) is 19.4. The van der Waals surface area contributed by atoms with Gasteiger partial charge in [-0.1, -0.05) is 44.9 Å². The van der Waals surface area contributed by atoms with Crippen LogP contribution in [0, 0.1) is 11.8 Å². The first kappa shape index (κ1) is 14.9. The summed E-state index contributed by atoms with van der Waals surface area (Å²) in [4.78, 5) is 2.96. The Kier molecular flexibility index (Phi) is 5.07. The van der Waals surface area contributed by atoms with Crippen molar-refractivity contribution in [2.45, 2.75) is 95.9 Å². The average Bonchev–Trinajstić information content (AvgIpc) is 2.56. The Hall–Kier alpha value is -0.0400. The van der Waals surface area contributed by atoms with Gasteiger partial charge in [0.2, 0.25) is 0 Å². The van der Waals surface area contributed by atoms with Gasteiger partial charge in [-0.05, 0) is 70.4 Å². The minimum atomic E-state index is 0.543. The largest absolute Gasteiger partial charge is 0.297 e. The van der Waals surface area contributed by atoms with Crippen LogP contribution in [0.15, 0.2) is 0 Å². The maximum atomic E-state index is 2.96. The Bertz CT molecular complexity index is 235. The van der Waals surface area contributed by atoms with Gasteiger partial charge >= 0.3 is 0 Å². The maximum absolute atomic E-state index is 2.96. The summed E-state index contributed by atoms with van der Waals surface area (Å²) < 4.78 is 0. The van der Waals surface area contributed by atoms with Crippen LogP contribution in [0.4, 0.5) is 0 Å². The molecule has 0 atom stereocenters. The third-order valence-electron chi connectivity index (χ3n) is 6.90. The van der Waals surface area contributed by atoms with E-state index in [4.69, 9.17) is 0 Å². The van der Waals surface area contributed by atoms with Gasteiger partial charge in [-0.2, -0.15) is 0 Å². The van der Waals surface area contributed by atoms with Crippen molar-refractivity contribution in [1.29, 1.82) is 0 Å². The van der Waals surface area contributed by atoms with Crippen LogP contribution in [0.3, 0.4) is 0 Å². The van der Waals surface area contributed by atoms with Crippen LogP contribution in [-0.4, -0.2) is 23.5 Å². The lowest BCUT2D eigenvalue weighted by atomic mass is 9.64. The van der Waals surface area contributed by atoms with Crippen molar-refractivity contribution in [1.82, 2.24) is 4.90 Å². The first-order chi connectivity index (χ1) is 9.82. The SMILES string of the molecule is CC(C1CCCCC1)(C1CCCCC1)N1CCCCC1. The van der Waals surface area contributed by atoms with E-state index in [-0.39, 0.29) is 0 Å². The molecule has 20 heavy (non-hydrogen) atoms. The van der Waals surface area contributed by atoms with Crippen LogP contribution < -0.4 is 0 Å². The lowest BCUT2D eigenvalue weighted by molar-refractivity contribution is -0.0415. The highest BCUT2D eigenvalue weighted by molar-refractivity contribution is 5.00. The molecule has 3 fully saturated rings. The van der Waals surface area contributed by atoms with Gasteiger partial charge in [-0.3, -0.25) is 4.90 Å². The van der Waals surface area contributed by atoms with Gasteiger partial charge in [0.1, 0.15) is 0 Å². The molecule has 1 heteroatoms. The number of nitrogens with zero attached hydrogens (tertiary/aromatic N) is 1. The molecule has 116 valence electrons. The zero-order valence-corrected chi connectivity index (χ0v) is 13.7. The molecule has 1 saturated heterocycles. The van der Waals surface area contributed by atoms with E-state index in [1.54, 1.807) is 0 Å². The van der Waals surface area contributed by atoms with Crippen molar-refractivity contribution >= 4 is 0 Å². The quantitative estimate of drug-likeness (QED) is 0.668. The molecule has 0 aromatic rings. The average molecular weight is 277 g/mol. The fourth-order valence-corrected chi connectivity index (χ4v) is 5.60. The second-order valence-electron chi connectivity index (χ2n) is 7.94. The predicted octanol–water partition coefficient (Wildman–Crippen LogP) is 5.39. The highest BCUT2D eigenvalue weighted by Gasteiger charge is 2.45. The second-order valence-corrected chi connectivity index (χ2v) is 7.94. The first-order valence-corrected chi connectivity index (χ1v) is 9.57. The van der Waals surface area contributed by atoms with Crippen molar-refractivity contribution in [2.24, 2.45) is 11.8 Å². The summed E-state index contributed by atoms with van der Waals surface area (Å²) in [5.74, 6) is 2.00. The monoisotopic (exact) mass is 277 g/mol. The summed E-state index contributed by atoms with van der Waals surface area (Å²) in [5, 5.41) is 0. The minimum absolute atomic E-state index is 0.543. The van der Waals surface area contributed by atoms with Crippen LogP contribution in [0.1, 0.15) is 90.4 Å². The molecule has 1 heterocycles. The number of rotatable bonds is 3. The molecule has 3 aliphatic rings. The van der Waals surface area contributed by atoms with Crippen LogP contribution >= 0.6 is 0 Å². The fourth-order valence-electron chi connectivity index (χ4n) is 5.60. The Balaban J connectivity index is 1.79. The smallest absolute Gasteiger partial charge is 0.0237 e. The van der Waals surface area contributed by atoms with E-state index < -0.39 is 0 Å². The van der Waals surface area contributed by atoms with E-state index in [9.17, 15) is 0 Å². The van der Waals surface area contributed by atoms with Crippen molar-refractivity contribution in [2.75, 3.05) is 13.1 Å². The van der Waals surface area contributed by atoms with Gasteiger partial charge in [0, 0.05) is 5.54 Å². The van der Waals surface area contributed by atoms with Crippen LogP contribution in [0.5, 0.6) is 0 Å². The fraction of sp³-hybridized carbons (Fsp3) is 1.00. The van der Waals surface area contributed by atoms with Gasteiger partial charge < -0.3 is 0 Å². The molecule has 0 aromatic carbocycles. The van der Waals surface area contributed by atoms with E-state index in [2.05, 4.69) is 11.8 Å². The summed E-state index contributed by atoms with van der Waals surface area (Å²) in [5.41, 5.74) is 0.543. The van der Waals surface area contributed by atoms with Gasteiger partial charge in [0.15, 0.2) is 0 Å². The standard InChI is InChI=1S/C19H35N/c1-19(17-11-5-2-6-12-17,18-13-7-3-8-14-18)20-15-9-4-10-16-20/h17-18H,2-16H2,1H3. The molecule has 0 unspecified atom stereocenters. The number of piperidine rings is 1. The lowest BCUT2D eigenvalue weighted by Crippen LogP contribution is -2.58. The zero-order chi connectivity index (χ0) is 13.8. The molecule has 1 aliphatic heterocycles. The summed E-state index contributed by atoms with van der Waals surface area (Å²) in [7, 11) is 0. The molecule has 0 aromatic heterocycles. The van der Waals surface area contributed by atoms with E-state index in [0.29, 0.717) is 5.54 Å². The Morgan fingerprint density at radius 3 is 1.45 bits per heavy atom. The first-order valence-electron chi connectivity index (χ1n) is 9.57. The van der Waals surface area contributed by atoms with Crippen molar-refractivity contribution in [3.05, 3.63) is 0 Å². The van der Waals surface area contributed by atoms with Crippen LogP contribution in [0.25, 0.3) is 0 Å². The summed E-state index contributed by atoms with van der Waals surface area (Å²) >= 11 is 0. The van der Waals surface area contributed by atoms with Gasteiger partial charge in [-0.15, -0.1) is 0 Å². The topological polar surface area (TPSA) is 3.24 Å². The third kappa shape index (κ3) is 2.93. The molecule has 0 radical (unpaired) electrons. The number of hydrogen-bond donors (Lipinski definition) is 0. The Labute approximate surface area is 126 Å². The van der Waals surface area contributed by atoms with Crippen molar-refractivity contribution in [3.8, 4) is 0 Å². The molecular weight excluding hydrogens is 242 g/mol. The maximum Gasteiger partial charge on any atom is 0.0237 e. The summed E-state index contributed by atoms with van der Waals surface area (Å²) in [6.45, 7) is 5.47. The van der Waals surface area contributed by atoms with Crippen LogP contribution in [-0.2, 0) is 0 Å². The van der Waals surface area contributed by atoms with Crippen molar-refractivity contribution in [3.63, 3.8) is 0 Å². The zero-order valence-electron chi connectivity index (χ0n) is 13.7. The molecule has 0 N–H and O–H groups in total. The molecular formula is C19H35N. The summed E-state index contributed by atoms with van der Waals surface area (Å²) in [6, 6.07) is 0. The normalized spacial score (nSPS) is 28.6. The minimum Gasteiger partial charge on any atom is -0.297 e. The molecule has 2 saturated carbocycles. The second kappa shape index (κ2) is 6.81. The molecule has 0 amide bonds. The highest BCUT2D eigenvalue weighted by Crippen LogP contribution is 2.46. The lowest BCUT2D eigenvalue weighted by Gasteiger charge is -2.55. The number of hydrogen-bond acceptors (Lipinski definition) is 1. The predicted molar refractivity (Wildman–Crippen MR) is 87.0 cm³/mol. The van der Waals surface area contributed by atoms with Gasteiger partial charge in [-0.25, -0.2) is 0 Å². The van der Waals surface area contributed by atoms with Crippen LogP contribution in [0.2, 0.25) is 0 Å². The van der Waals surface area contributed by atoms with Gasteiger partial charge in [0.05, 0.1) is 0 Å². The molecule has 3 rings (SSSR count). The van der Waals surface area contributed by atoms with Gasteiger partial charge in [0.25, 0.3) is 0 Å². The van der Waals surface area contributed by atoms with E-state index in [0.717, 1.165) is 11.8 Å². The van der Waals surface area contributed by atoms with Crippen molar-refractivity contribution < 1.29 is 0 Å². The molecule has 2 aliphatic carbocycles. The highest BCUT2D eigenvalue weighted by atomic mass is 15.2.